The first-order valence-corrected chi connectivity index (χ1v) is 7.12. The Kier molecular flexibility index (Phi) is 4.70. The van der Waals surface area contributed by atoms with Crippen LogP contribution < -0.4 is 5.73 Å². The van der Waals surface area contributed by atoms with Gasteiger partial charge in [0.05, 0.1) is 12.0 Å². The fraction of sp³-hybridized carbons (Fsp3) is 0.688. The molecular formula is C16H28N2O2. The van der Waals surface area contributed by atoms with Crippen LogP contribution in [0.4, 0.5) is 0 Å². The minimum Gasteiger partial charge on any atom is -0.464 e. The molecule has 0 bridgehead atoms. The predicted octanol–water partition coefficient (Wildman–Crippen LogP) is 3.09. The van der Waals surface area contributed by atoms with Crippen LogP contribution in [-0.2, 0) is 11.3 Å². The molecule has 0 fully saturated rings. The first-order valence-electron chi connectivity index (χ1n) is 7.12. The Balaban J connectivity index is 3.00. The standard InChI is InChI=1S/C16H28N2O2/c1-11(2)18(10-13-9-8-12(3)20-13)14(19)15(4,5)16(6,7)17/h8-9,11H,10,17H2,1-7H3. The molecule has 0 atom stereocenters. The molecule has 1 rings (SSSR count). The van der Waals surface area contributed by atoms with Gasteiger partial charge in [-0.2, -0.15) is 0 Å². The minimum atomic E-state index is -0.640. The van der Waals surface area contributed by atoms with Crippen molar-refractivity contribution in [3.8, 4) is 0 Å². The quantitative estimate of drug-likeness (QED) is 0.901. The van der Waals surface area contributed by atoms with Gasteiger partial charge in [-0.15, -0.1) is 0 Å². The maximum Gasteiger partial charge on any atom is 0.230 e. The van der Waals surface area contributed by atoms with E-state index >= 15 is 0 Å². The molecule has 0 aliphatic carbocycles. The van der Waals surface area contributed by atoms with Crippen molar-refractivity contribution in [2.24, 2.45) is 11.1 Å². The molecule has 1 aromatic heterocycles. The van der Waals surface area contributed by atoms with Crippen molar-refractivity contribution in [2.75, 3.05) is 0 Å². The largest absolute Gasteiger partial charge is 0.464 e. The first-order chi connectivity index (χ1) is 8.96. The Morgan fingerprint density at radius 3 is 2.20 bits per heavy atom. The number of carbonyl (C=O) groups is 1. The topological polar surface area (TPSA) is 59.5 Å². The van der Waals surface area contributed by atoms with Gasteiger partial charge in [0.15, 0.2) is 0 Å². The number of nitrogens with zero attached hydrogens (tertiary/aromatic N) is 1. The van der Waals surface area contributed by atoms with Crippen molar-refractivity contribution in [3.63, 3.8) is 0 Å². The van der Waals surface area contributed by atoms with E-state index in [1.165, 1.54) is 0 Å². The van der Waals surface area contributed by atoms with E-state index in [0.29, 0.717) is 6.54 Å². The van der Waals surface area contributed by atoms with Crippen molar-refractivity contribution in [1.29, 1.82) is 0 Å². The first kappa shape index (κ1) is 16.8. The summed E-state index contributed by atoms with van der Waals surface area (Å²) in [5, 5.41) is 0. The molecule has 2 N–H and O–H groups in total. The van der Waals surface area contributed by atoms with Gasteiger partial charge in [0.2, 0.25) is 5.91 Å². The molecule has 0 unspecified atom stereocenters. The normalized spacial score (nSPS) is 12.8. The highest BCUT2D eigenvalue weighted by atomic mass is 16.3. The number of amides is 1. The van der Waals surface area contributed by atoms with Gasteiger partial charge in [0, 0.05) is 11.6 Å². The summed E-state index contributed by atoms with van der Waals surface area (Å²) in [7, 11) is 0. The van der Waals surface area contributed by atoms with E-state index in [4.69, 9.17) is 10.2 Å². The van der Waals surface area contributed by atoms with Crippen LogP contribution in [0, 0.1) is 12.3 Å². The van der Waals surface area contributed by atoms with Crippen LogP contribution in [0.1, 0.15) is 53.1 Å². The summed E-state index contributed by atoms with van der Waals surface area (Å²) >= 11 is 0. The third-order valence-electron chi connectivity index (χ3n) is 4.15. The maximum atomic E-state index is 12.9. The Bertz CT molecular complexity index is 467. The molecule has 1 amide bonds. The third-order valence-corrected chi connectivity index (χ3v) is 4.15. The SMILES string of the molecule is Cc1ccc(CN(C(=O)C(C)(C)C(C)(C)N)C(C)C)o1. The van der Waals surface area contributed by atoms with Gasteiger partial charge in [0.25, 0.3) is 0 Å². The van der Waals surface area contributed by atoms with Crippen LogP contribution in [-0.4, -0.2) is 22.4 Å². The second kappa shape index (κ2) is 5.60. The molecule has 0 aliphatic rings. The molecule has 4 nitrogen and oxygen atoms in total. The van der Waals surface area contributed by atoms with E-state index in [2.05, 4.69) is 0 Å². The smallest absolute Gasteiger partial charge is 0.230 e. The molecule has 0 saturated heterocycles. The highest BCUT2D eigenvalue weighted by molar-refractivity contribution is 5.83. The van der Waals surface area contributed by atoms with E-state index in [-0.39, 0.29) is 11.9 Å². The molecule has 0 radical (unpaired) electrons. The van der Waals surface area contributed by atoms with E-state index in [1.807, 2.05) is 65.5 Å². The summed E-state index contributed by atoms with van der Waals surface area (Å²) in [5.74, 6) is 1.71. The highest BCUT2D eigenvalue weighted by Crippen LogP contribution is 2.32. The van der Waals surface area contributed by atoms with Crippen molar-refractivity contribution < 1.29 is 9.21 Å². The lowest BCUT2D eigenvalue weighted by molar-refractivity contribution is -0.146. The van der Waals surface area contributed by atoms with Crippen molar-refractivity contribution in [3.05, 3.63) is 23.7 Å². The maximum absolute atomic E-state index is 12.9. The Labute approximate surface area is 122 Å². The van der Waals surface area contributed by atoms with E-state index in [0.717, 1.165) is 11.5 Å². The van der Waals surface area contributed by atoms with Gasteiger partial charge in [0.1, 0.15) is 11.5 Å². The summed E-state index contributed by atoms with van der Waals surface area (Å²) in [6.07, 6.45) is 0. The lowest BCUT2D eigenvalue weighted by atomic mass is 9.74. The fourth-order valence-electron chi connectivity index (χ4n) is 1.86. The summed E-state index contributed by atoms with van der Waals surface area (Å²) in [6.45, 7) is 14.0. The molecule has 20 heavy (non-hydrogen) atoms. The number of hydrogen-bond acceptors (Lipinski definition) is 3. The van der Waals surface area contributed by atoms with E-state index in [1.54, 1.807) is 0 Å². The predicted molar refractivity (Wildman–Crippen MR) is 81.2 cm³/mol. The van der Waals surface area contributed by atoms with Gasteiger partial charge in [-0.05, 0) is 60.6 Å². The lowest BCUT2D eigenvalue weighted by Crippen LogP contribution is -2.57. The zero-order valence-electron chi connectivity index (χ0n) is 13.8. The van der Waals surface area contributed by atoms with Crippen LogP contribution in [0.25, 0.3) is 0 Å². The van der Waals surface area contributed by atoms with Crippen LogP contribution in [0.2, 0.25) is 0 Å². The molecule has 0 aromatic carbocycles. The van der Waals surface area contributed by atoms with Crippen LogP contribution in [0.5, 0.6) is 0 Å². The second-order valence-electron chi connectivity index (χ2n) is 6.89. The zero-order chi connectivity index (χ0) is 15.7. The molecule has 0 aliphatic heterocycles. The number of hydrogen-bond donors (Lipinski definition) is 1. The molecule has 4 heteroatoms. The minimum absolute atomic E-state index is 0.0500. The third kappa shape index (κ3) is 3.42. The van der Waals surface area contributed by atoms with Crippen LogP contribution >= 0.6 is 0 Å². The van der Waals surface area contributed by atoms with Gasteiger partial charge in [-0.1, -0.05) is 0 Å². The monoisotopic (exact) mass is 280 g/mol. The molecule has 1 aromatic rings. The number of rotatable bonds is 5. The number of nitrogens with two attached hydrogens (primary N) is 1. The van der Waals surface area contributed by atoms with Crippen LogP contribution in [0.3, 0.4) is 0 Å². The van der Waals surface area contributed by atoms with Gasteiger partial charge in [-0.3, -0.25) is 4.79 Å². The molecule has 1 heterocycles. The number of aryl methyl sites for hydroxylation is 1. The average molecular weight is 280 g/mol. The number of furan rings is 1. The Morgan fingerprint density at radius 1 is 1.30 bits per heavy atom. The molecular weight excluding hydrogens is 252 g/mol. The highest BCUT2D eigenvalue weighted by Gasteiger charge is 2.43. The van der Waals surface area contributed by atoms with Crippen LogP contribution in [0.15, 0.2) is 16.5 Å². The molecule has 0 saturated carbocycles. The van der Waals surface area contributed by atoms with Gasteiger partial charge < -0.3 is 15.1 Å². The van der Waals surface area contributed by atoms with Crippen molar-refractivity contribution in [1.82, 2.24) is 4.90 Å². The number of carbonyl (C=O) groups excluding carboxylic acids is 1. The summed E-state index contributed by atoms with van der Waals surface area (Å²) in [4.78, 5) is 14.7. The van der Waals surface area contributed by atoms with E-state index < -0.39 is 11.0 Å². The zero-order valence-corrected chi connectivity index (χ0v) is 13.8. The lowest BCUT2D eigenvalue weighted by Gasteiger charge is -2.41. The summed E-state index contributed by atoms with van der Waals surface area (Å²) < 4.78 is 5.59. The van der Waals surface area contributed by atoms with Crippen molar-refractivity contribution in [2.45, 2.75) is 66.6 Å². The Hall–Kier alpha value is -1.29. The van der Waals surface area contributed by atoms with Gasteiger partial charge >= 0.3 is 0 Å². The average Bonchev–Trinajstić information content (AvgIpc) is 2.69. The second-order valence-corrected chi connectivity index (χ2v) is 6.89. The van der Waals surface area contributed by atoms with E-state index in [9.17, 15) is 4.79 Å². The molecule has 0 spiro atoms. The van der Waals surface area contributed by atoms with Crippen molar-refractivity contribution >= 4 is 5.91 Å². The summed E-state index contributed by atoms with van der Waals surface area (Å²) in [6, 6.07) is 3.92. The Morgan fingerprint density at radius 2 is 1.85 bits per heavy atom. The molecule has 114 valence electrons. The fourth-order valence-corrected chi connectivity index (χ4v) is 1.86. The summed E-state index contributed by atoms with van der Waals surface area (Å²) in [5.41, 5.74) is 4.95. The van der Waals surface area contributed by atoms with Gasteiger partial charge in [-0.25, -0.2) is 0 Å².